The number of rotatable bonds is 7. The molecule has 30 heavy (non-hydrogen) atoms. The summed E-state index contributed by atoms with van der Waals surface area (Å²) in [6.45, 7) is 5.51. The van der Waals surface area contributed by atoms with Crippen LogP contribution in [-0.4, -0.2) is 59.7 Å². The highest BCUT2D eigenvalue weighted by atomic mass is 19.4. The van der Waals surface area contributed by atoms with Crippen LogP contribution in [0.1, 0.15) is 30.9 Å². The van der Waals surface area contributed by atoms with Gasteiger partial charge in [0.05, 0.1) is 11.8 Å². The zero-order chi connectivity index (χ0) is 21.7. The summed E-state index contributed by atoms with van der Waals surface area (Å²) in [5.74, 6) is 0.418. The number of ether oxygens (including phenoxy) is 2. The molecule has 1 aromatic heterocycles. The molecule has 0 saturated carbocycles. The summed E-state index contributed by atoms with van der Waals surface area (Å²) < 4.78 is 50.3. The molecular formula is C20H26F3N5O2. The highest BCUT2D eigenvalue weighted by molar-refractivity contribution is 5.71. The van der Waals surface area contributed by atoms with Gasteiger partial charge in [-0.15, -0.1) is 10.2 Å². The number of likely N-dealkylation sites (N-methyl/N-ethyl adjacent to an activating group) is 1. The van der Waals surface area contributed by atoms with Crippen molar-refractivity contribution in [1.82, 2.24) is 20.1 Å². The number of nitrogens with zero attached hydrogens (tertiary/aromatic N) is 4. The topological polar surface area (TPSA) is 72.4 Å². The number of likely N-dealkylation sites (tertiary alicyclic amines) is 1. The van der Waals surface area contributed by atoms with Crippen molar-refractivity contribution in [2.24, 2.45) is 0 Å². The summed E-state index contributed by atoms with van der Waals surface area (Å²) in [6.07, 6.45) is -0.892. The van der Waals surface area contributed by atoms with Gasteiger partial charge in [-0.1, -0.05) is 0 Å². The molecule has 1 atom stereocenters. The van der Waals surface area contributed by atoms with E-state index in [1.165, 1.54) is 6.20 Å². The van der Waals surface area contributed by atoms with E-state index in [1.54, 1.807) is 13.8 Å². The van der Waals surface area contributed by atoms with Gasteiger partial charge in [0, 0.05) is 24.8 Å². The molecule has 2 aromatic rings. The predicted octanol–water partition coefficient (Wildman–Crippen LogP) is 3.74. The molecule has 1 aliphatic heterocycles. The van der Waals surface area contributed by atoms with Gasteiger partial charge >= 0.3 is 6.18 Å². The summed E-state index contributed by atoms with van der Waals surface area (Å²) in [6, 6.07) is 2.25. The first kappa shape index (κ1) is 22.2. The van der Waals surface area contributed by atoms with Crippen molar-refractivity contribution in [3.8, 4) is 17.0 Å². The molecule has 7 nitrogen and oxygen atoms in total. The molecule has 0 spiro atoms. The van der Waals surface area contributed by atoms with Crippen molar-refractivity contribution in [3.05, 3.63) is 29.5 Å². The Kier molecular flexibility index (Phi) is 7.09. The lowest BCUT2D eigenvalue weighted by Gasteiger charge is -2.30. The largest absolute Gasteiger partial charge is 0.467 e. The fourth-order valence-corrected chi connectivity index (χ4v) is 3.47. The van der Waals surface area contributed by atoms with Gasteiger partial charge in [0.25, 0.3) is 0 Å². The van der Waals surface area contributed by atoms with Gasteiger partial charge in [0.2, 0.25) is 5.95 Å². The van der Waals surface area contributed by atoms with E-state index in [1.807, 2.05) is 0 Å². The van der Waals surface area contributed by atoms with E-state index in [9.17, 15) is 13.2 Å². The predicted molar refractivity (Wildman–Crippen MR) is 106 cm³/mol. The zero-order valence-corrected chi connectivity index (χ0v) is 17.3. The summed E-state index contributed by atoms with van der Waals surface area (Å²) >= 11 is 0. The van der Waals surface area contributed by atoms with E-state index in [2.05, 4.69) is 32.4 Å². The second-order valence-corrected chi connectivity index (χ2v) is 7.33. The minimum absolute atomic E-state index is 0.0292. The molecule has 1 aromatic carbocycles. The van der Waals surface area contributed by atoms with Crippen molar-refractivity contribution in [1.29, 1.82) is 0 Å². The number of halogens is 3. The highest BCUT2D eigenvalue weighted by Gasteiger charge is 2.32. The number of hydrogen-bond acceptors (Lipinski definition) is 7. The van der Waals surface area contributed by atoms with E-state index < -0.39 is 11.7 Å². The van der Waals surface area contributed by atoms with Gasteiger partial charge in [-0.3, -0.25) is 0 Å². The van der Waals surface area contributed by atoms with Gasteiger partial charge in [0.15, 0.2) is 6.79 Å². The number of piperidine rings is 1. The minimum Gasteiger partial charge on any atom is -0.467 e. The lowest BCUT2D eigenvalue weighted by molar-refractivity contribution is -0.137. The monoisotopic (exact) mass is 425 g/mol. The highest BCUT2D eigenvalue weighted by Crippen LogP contribution is 2.39. The molecule has 1 fully saturated rings. The molecular weight excluding hydrogens is 399 g/mol. The van der Waals surface area contributed by atoms with E-state index >= 15 is 0 Å². The second kappa shape index (κ2) is 9.57. The fraction of sp³-hybridized carbons (Fsp3) is 0.550. The van der Waals surface area contributed by atoms with Crippen LogP contribution >= 0.6 is 0 Å². The second-order valence-electron chi connectivity index (χ2n) is 7.33. The third-order valence-electron chi connectivity index (χ3n) is 4.90. The van der Waals surface area contributed by atoms with Crippen LogP contribution < -0.4 is 10.1 Å². The van der Waals surface area contributed by atoms with Crippen LogP contribution in [0.2, 0.25) is 0 Å². The van der Waals surface area contributed by atoms with E-state index in [0.29, 0.717) is 29.4 Å². The molecule has 0 unspecified atom stereocenters. The Bertz CT molecular complexity index is 846. The lowest BCUT2D eigenvalue weighted by atomic mass is 10.0. The van der Waals surface area contributed by atoms with Crippen molar-refractivity contribution in [2.45, 2.75) is 38.9 Å². The number of nitrogens with one attached hydrogen (secondary N) is 1. The Morgan fingerprint density at radius 3 is 2.70 bits per heavy atom. The van der Waals surface area contributed by atoms with Gasteiger partial charge < -0.3 is 19.7 Å². The van der Waals surface area contributed by atoms with E-state index in [0.717, 1.165) is 38.1 Å². The maximum absolute atomic E-state index is 13.2. The number of alkyl halides is 3. The average molecular weight is 425 g/mol. The standard InChI is InChI=1S/C20H26F3N5O2/c1-4-29-12-30-17-9-14(20(21,22)23)8-13(2)18(17)16-10-24-19(27-26-16)25-15-6-5-7-28(3)11-15/h8-10,15H,4-7,11-12H2,1-3H3,(H,24,25,27)/t15-/m1/s1. The Morgan fingerprint density at radius 1 is 1.27 bits per heavy atom. The molecule has 10 heteroatoms. The first-order chi connectivity index (χ1) is 14.3. The van der Waals surface area contributed by atoms with Crippen LogP contribution in [0.3, 0.4) is 0 Å². The fourth-order valence-electron chi connectivity index (χ4n) is 3.47. The average Bonchev–Trinajstić information content (AvgIpc) is 2.68. The summed E-state index contributed by atoms with van der Waals surface area (Å²) in [5, 5.41) is 11.6. The van der Waals surface area contributed by atoms with Crippen molar-refractivity contribution < 1.29 is 22.6 Å². The van der Waals surface area contributed by atoms with Gasteiger partial charge in [0.1, 0.15) is 11.4 Å². The third kappa shape index (κ3) is 5.57. The summed E-state index contributed by atoms with van der Waals surface area (Å²) in [7, 11) is 2.06. The molecule has 1 aliphatic rings. The molecule has 0 amide bonds. The third-order valence-corrected chi connectivity index (χ3v) is 4.90. The maximum atomic E-state index is 13.2. The molecule has 164 valence electrons. The number of hydrogen-bond donors (Lipinski definition) is 1. The Hall–Kier alpha value is -2.46. The number of benzene rings is 1. The zero-order valence-electron chi connectivity index (χ0n) is 17.3. The maximum Gasteiger partial charge on any atom is 0.416 e. The molecule has 3 rings (SSSR count). The molecule has 2 heterocycles. The lowest BCUT2D eigenvalue weighted by Crippen LogP contribution is -2.40. The number of anilines is 1. The normalized spacial score (nSPS) is 17.7. The molecule has 0 radical (unpaired) electrons. The summed E-state index contributed by atoms with van der Waals surface area (Å²) in [5.41, 5.74) is 0.309. The van der Waals surface area contributed by atoms with Crippen molar-refractivity contribution >= 4 is 5.95 Å². The number of aromatic nitrogens is 3. The summed E-state index contributed by atoms with van der Waals surface area (Å²) in [4.78, 5) is 6.54. The van der Waals surface area contributed by atoms with Crippen LogP contribution in [0, 0.1) is 6.92 Å². The van der Waals surface area contributed by atoms with Crippen molar-refractivity contribution in [2.75, 3.05) is 38.9 Å². The quantitative estimate of drug-likeness (QED) is 0.535. The van der Waals surface area contributed by atoms with E-state index in [-0.39, 0.29) is 18.6 Å². The van der Waals surface area contributed by atoms with Gasteiger partial charge in [-0.25, -0.2) is 4.98 Å². The molecule has 1 N–H and O–H groups in total. The smallest absolute Gasteiger partial charge is 0.416 e. The Labute approximate surface area is 173 Å². The Morgan fingerprint density at radius 2 is 2.07 bits per heavy atom. The first-order valence-corrected chi connectivity index (χ1v) is 9.85. The van der Waals surface area contributed by atoms with Crippen LogP contribution in [0.4, 0.5) is 19.1 Å². The van der Waals surface area contributed by atoms with Crippen LogP contribution in [0.5, 0.6) is 5.75 Å². The molecule has 0 bridgehead atoms. The van der Waals surface area contributed by atoms with Crippen molar-refractivity contribution in [3.63, 3.8) is 0 Å². The number of aryl methyl sites for hydroxylation is 1. The van der Waals surface area contributed by atoms with Gasteiger partial charge in [-0.2, -0.15) is 13.2 Å². The van der Waals surface area contributed by atoms with Crippen LogP contribution in [0.15, 0.2) is 18.3 Å². The first-order valence-electron chi connectivity index (χ1n) is 9.85. The molecule has 0 aliphatic carbocycles. The van der Waals surface area contributed by atoms with E-state index in [4.69, 9.17) is 9.47 Å². The van der Waals surface area contributed by atoms with Crippen LogP contribution in [-0.2, 0) is 10.9 Å². The Balaban J connectivity index is 1.85. The minimum atomic E-state index is -4.49. The van der Waals surface area contributed by atoms with Crippen LogP contribution in [0.25, 0.3) is 11.3 Å². The molecule has 1 saturated heterocycles. The van der Waals surface area contributed by atoms with Gasteiger partial charge in [-0.05, 0) is 58.0 Å². The SMILES string of the molecule is CCOCOc1cc(C(F)(F)F)cc(C)c1-c1cnc(N[C@@H]2CCCN(C)C2)nn1.